The van der Waals surface area contributed by atoms with Crippen molar-refractivity contribution in [2.45, 2.75) is 65.2 Å². The molecular formula is C38H48Cl2N12O9S2. The Bertz CT molecular complexity index is 2820. The summed E-state index contributed by atoms with van der Waals surface area (Å²) in [6, 6.07) is 9.21. The summed E-state index contributed by atoms with van der Waals surface area (Å²) in [4.78, 5) is 31.6. The first-order chi connectivity index (χ1) is 29.0. The highest BCUT2D eigenvalue weighted by atomic mass is 35.5. The van der Waals surface area contributed by atoms with Crippen LogP contribution in [0.2, 0.25) is 10.3 Å². The van der Waals surface area contributed by atoms with Crippen molar-refractivity contribution >= 4 is 55.1 Å². The molecule has 0 aliphatic rings. The minimum absolute atomic E-state index is 0.0188. The highest BCUT2D eigenvalue weighted by Crippen LogP contribution is 2.22. The van der Waals surface area contributed by atoms with Gasteiger partial charge in [0.25, 0.3) is 15.9 Å². The van der Waals surface area contributed by atoms with E-state index in [4.69, 9.17) is 42.9 Å². The van der Waals surface area contributed by atoms with E-state index in [1.54, 1.807) is 45.5 Å². The molecule has 0 aromatic carbocycles. The van der Waals surface area contributed by atoms with Gasteiger partial charge in [-0.2, -0.15) is 10.2 Å². The fraction of sp³-hybridized carbons (Fsp3) is 0.368. The number of carbonyl (C=O) groups excluding carboxylic acids is 1. The third-order valence-electron chi connectivity index (χ3n) is 7.81. The Morgan fingerprint density at radius 1 is 0.698 bits per heavy atom. The van der Waals surface area contributed by atoms with Gasteiger partial charge in [0, 0.05) is 51.0 Å². The van der Waals surface area contributed by atoms with Crippen molar-refractivity contribution in [2.75, 3.05) is 13.2 Å². The number of rotatable bonds is 11. The van der Waals surface area contributed by atoms with E-state index in [-0.39, 0.29) is 47.7 Å². The van der Waals surface area contributed by atoms with E-state index >= 15 is 0 Å². The average molecular weight is 952 g/mol. The van der Waals surface area contributed by atoms with Crippen molar-refractivity contribution < 1.29 is 41.0 Å². The lowest BCUT2D eigenvalue weighted by atomic mass is 9.99. The van der Waals surface area contributed by atoms with Crippen LogP contribution in [0.15, 0.2) is 71.0 Å². The third kappa shape index (κ3) is 14.3. The van der Waals surface area contributed by atoms with Crippen molar-refractivity contribution in [1.29, 1.82) is 0 Å². The molecule has 0 unspecified atom stereocenters. The maximum absolute atomic E-state index is 12.5. The average Bonchev–Trinajstić information content (AvgIpc) is 3.96. The number of nitrogens with two attached hydrogens (primary N) is 1. The highest BCUT2D eigenvalue weighted by molar-refractivity contribution is 7.90. The molecule has 6 aromatic rings. The summed E-state index contributed by atoms with van der Waals surface area (Å²) < 4.78 is 65.5. The van der Waals surface area contributed by atoms with Crippen LogP contribution < -0.4 is 19.3 Å². The maximum Gasteiger partial charge on any atom is 0.338 e. The molecule has 25 heteroatoms. The van der Waals surface area contributed by atoms with Crippen LogP contribution in [0.25, 0.3) is 11.6 Å². The van der Waals surface area contributed by atoms with E-state index in [1.165, 1.54) is 62.3 Å². The van der Waals surface area contributed by atoms with Gasteiger partial charge < -0.3 is 14.6 Å². The Morgan fingerprint density at radius 3 is 1.44 bits per heavy atom. The Kier molecular flexibility index (Phi) is 15.5. The lowest BCUT2D eigenvalue weighted by Gasteiger charge is -2.17. The number of carboxylic acids is 1. The molecule has 6 aromatic heterocycles. The molecule has 0 spiro atoms. The van der Waals surface area contributed by atoms with Crippen molar-refractivity contribution in [3.05, 3.63) is 94.0 Å². The number of carbonyl (C=O) groups is 2. The predicted molar refractivity (Wildman–Crippen MR) is 232 cm³/mol. The van der Waals surface area contributed by atoms with Gasteiger partial charge in [-0.1, -0.05) is 64.7 Å². The number of pyridine rings is 2. The first kappa shape index (κ1) is 49.8. The van der Waals surface area contributed by atoms with Crippen molar-refractivity contribution in [2.24, 2.45) is 30.1 Å². The summed E-state index contributed by atoms with van der Waals surface area (Å²) in [7, 11) is -4.48. The molecule has 0 aliphatic carbocycles. The second-order valence-electron chi connectivity index (χ2n) is 16.2. The molecule has 0 aliphatic heterocycles. The number of halogens is 2. The van der Waals surface area contributed by atoms with Crippen LogP contribution >= 0.6 is 23.2 Å². The van der Waals surface area contributed by atoms with Gasteiger partial charge in [-0.3, -0.25) is 14.2 Å². The number of primary sulfonamides is 1. The van der Waals surface area contributed by atoms with Crippen molar-refractivity contribution in [3.63, 3.8) is 0 Å². The topological polar surface area (TPSA) is 276 Å². The highest BCUT2D eigenvalue weighted by Gasteiger charge is 2.25. The van der Waals surface area contributed by atoms with E-state index in [0.29, 0.717) is 42.3 Å². The number of hydrogen-bond donors (Lipinski definition) is 3. The molecule has 0 fully saturated rings. The molecule has 0 atom stereocenters. The smallest absolute Gasteiger partial charge is 0.338 e. The zero-order chi connectivity index (χ0) is 47.2. The molecule has 1 amide bonds. The van der Waals surface area contributed by atoms with Gasteiger partial charge in [0.2, 0.25) is 21.8 Å². The number of hydrogen-bond acceptors (Lipinski definition) is 14. The van der Waals surface area contributed by atoms with Crippen LogP contribution in [0, 0.1) is 24.7 Å². The molecule has 63 heavy (non-hydrogen) atoms. The fourth-order valence-electron chi connectivity index (χ4n) is 4.97. The van der Waals surface area contributed by atoms with Gasteiger partial charge in [-0.05, 0) is 48.9 Å². The van der Waals surface area contributed by atoms with E-state index in [2.05, 4.69) is 51.1 Å². The van der Waals surface area contributed by atoms with Crippen LogP contribution in [0.1, 0.15) is 73.6 Å². The molecule has 6 heterocycles. The number of carboxylic acid groups (broad SMARTS) is 1. The second kappa shape index (κ2) is 19.7. The Labute approximate surface area is 374 Å². The van der Waals surface area contributed by atoms with Crippen LogP contribution in [0.3, 0.4) is 0 Å². The van der Waals surface area contributed by atoms with Crippen molar-refractivity contribution in [1.82, 2.24) is 53.8 Å². The predicted octanol–water partition coefficient (Wildman–Crippen LogP) is 4.93. The summed E-state index contributed by atoms with van der Waals surface area (Å²) in [5.41, 5.74) is 0.577. The number of aromatic nitrogens is 10. The van der Waals surface area contributed by atoms with Crippen LogP contribution in [0.4, 0.5) is 0 Å². The van der Waals surface area contributed by atoms with Gasteiger partial charge in [0.15, 0.2) is 11.6 Å². The van der Waals surface area contributed by atoms with Gasteiger partial charge >= 0.3 is 5.97 Å². The van der Waals surface area contributed by atoms with Gasteiger partial charge in [0.1, 0.15) is 20.1 Å². The third-order valence-corrected chi connectivity index (χ3v) is 10.8. The Hall–Kier alpha value is -5.88. The summed E-state index contributed by atoms with van der Waals surface area (Å²) in [5, 5.41) is 29.9. The monoisotopic (exact) mass is 950 g/mol. The molecule has 0 saturated carbocycles. The first-order valence-electron chi connectivity index (χ1n) is 18.6. The van der Waals surface area contributed by atoms with E-state index in [0.717, 1.165) is 0 Å². The normalized spacial score (nSPS) is 11.8. The van der Waals surface area contributed by atoms with Gasteiger partial charge in [-0.25, -0.2) is 50.8 Å². The van der Waals surface area contributed by atoms with Crippen LogP contribution in [-0.4, -0.2) is 96.1 Å². The molecule has 21 nitrogen and oxygen atoms in total. The Morgan fingerprint density at radius 2 is 1.11 bits per heavy atom. The zero-order valence-corrected chi connectivity index (χ0v) is 39.2. The lowest BCUT2D eigenvalue weighted by Crippen LogP contribution is -2.31. The van der Waals surface area contributed by atoms with Crippen LogP contribution in [-0.2, 0) is 34.1 Å². The van der Waals surface area contributed by atoms with E-state index < -0.39 is 31.9 Å². The molecule has 0 saturated heterocycles. The number of ether oxygens (including phenoxy) is 2. The van der Waals surface area contributed by atoms with Gasteiger partial charge in [-0.15, -0.1) is 10.2 Å². The molecule has 6 rings (SSSR count). The fourth-order valence-corrected chi connectivity index (χ4v) is 7.37. The molecular weight excluding hydrogens is 904 g/mol. The summed E-state index contributed by atoms with van der Waals surface area (Å²) in [6.45, 7) is 16.5. The SMILES string of the molecule is CC(C)(C)COc1ccn(-c2ccc(C(=O)O)c(Cl)n2)n1.Cc1nn(C)cc1S(=O)(=O)NC(=O)c1ccc(-n2ccc(OCC(C)(C)C)n2)nc1Cl.Cc1nn(C)cc1S(N)(=O)=O. The van der Waals surface area contributed by atoms with Crippen molar-refractivity contribution in [3.8, 4) is 23.4 Å². The minimum Gasteiger partial charge on any atom is -0.478 e. The van der Waals surface area contributed by atoms with Gasteiger partial charge in [0.05, 0.1) is 35.7 Å². The molecule has 0 bridgehead atoms. The van der Waals surface area contributed by atoms with E-state index in [9.17, 15) is 26.4 Å². The zero-order valence-electron chi connectivity index (χ0n) is 36.0. The number of amides is 1. The number of nitrogens with one attached hydrogen (secondary N) is 1. The summed E-state index contributed by atoms with van der Waals surface area (Å²) in [5.74, 6) is -0.345. The number of nitrogens with zero attached hydrogens (tertiary/aromatic N) is 10. The first-order valence-corrected chi connectivity index (χ1v) is 22.4. The standard InChI is InChI=1S/C19H23ClN6O4S.C14H16ClN3O3.C5H9N3O2S/c1-12-14(10-25(5)22-12)31(28,29)24-18(27)13-6-7-15(21-17(13)20)26-9-8-16(23-26)30-11-19(2,3)4;1-14(2,3)8-21-11-6-7-18(17-11)10-5-4-9(13(19)20)12(15)16-10;1-4-5(11(6,9)10)3-8(2)7-4/h6-10H,11H2,1-5H3,(H,24,27);4-7H,8H2,1-3H3,(H,19,20);3H,1-2H3,(H2,6,9,10). The number of aryl methyl sites for hydroxylation is 4. The van der Waals surface area contributed by atoms with E-state index in [1.807, 2.05) is 25.5 Å². The minimum atomic E-state index is -4.12. The molecule has 0 radical (unpaired) electrons. The lowest BCUT2D eigenvalue weighted by molar-refractivity contribution is 0.0696. The Balaban J connectivity index is 0.000000233. The molecule has 4 N–H and O–H groups in total. The summed E-state index contributed by atoms with van der Waals surface area (Å²) >= 11 is 12.0. The molecule has 340 valence electrons. The summed E-state index contributed by atoms with van der Waals surface area (Å²) in [6.07, 6.45) is 6.01. The number of aromatic carboxylic acids is 1. The largest absolute Gasteiger partial charge is 0.478 e. The van der Waals surface area contributed by atoms with Crippen LogP contribution in [0.5, 0.6) is 11.8 Å². The number of sulfonamides is 2. The quantitative estimate of drug-likeness (QED) is 0.145. The second-order valence-corrected chi connectivity index (χ2v) is 20.1. The maximum atomic E-state index is 12.5.